The van der Waals surface area contributed by atoms with Crippen LogP contribution in [0.5, 0.6) is 0 Å². The number of benzene rings is 1. The number of nitrogens with zero attached hydrogens (tertiary/aromatic N) is 3. The number of carbonyl (C=O) groups excluding carboxylic acids is 1. The fourth-order valence-corrected chi connectivity index (χ4v) is 3.60. The summed E-state index contributed by atoms with van der Waals surface area (Å²) in [5.74, 6) is 0.485. The summed E-state index contributed by atoms with van der Waals surface area (Å²) >= 11 is 0. The topological polar surface area (TPSA) is 58.4 Å². The molecule has 1 N–H and O–H groups in total. The average molecular weight is 341 g/mol. The van der Waals surface area contributed by atoms with E-state index in [4.69, 9.17) is 0 Å². The molecule has 1 aliphatic rings. The molecule has 2 aromatic rings. The van der Waals surface area contributed by atoms with E-state index in [1.807, 2.05) is 40.9 Å². The fraction of sp³-hybridized carbons (Fsp3) is 0.500. The molecule has 5 nitrogen and oxygen atoms in total. The number of piperidine rings is 1. The third-order valence-corrected chi connectivity index (χ3v) is 5.24. The van der Waals surface area contributed by atoms with Crippen LogP contribution >= 0.6 is 0 Å². The van der Waals surface area contributed by atoms with Crippen molar-refractivity contribution in [2.45, 2.75) is 38.2 Å². The van der Waals surface area contributed by atoms with E-state index >= 15 is 0 Å². The number of amides is 1. The van der Waals surface area contributed by atoms with Crippen LogP contribution in [-0.2, 0) is 24.7 Å². The second kappa shape index (κ2) is 8.30. The Kier molecular flexibility index (Phi) is 5.87. The van der Waals surface area contributed by atoms with Crippen LogP contribution in [0.2, 0.25) is 0 Å². The van der Waals surface area contributed by atoms with Gasteiger partial charge in [-0.2, -0.15) is 5.10 Å². The molecule has 1 saturated heterocycles. The van der Waals surface area contributed by atoms with Crippen molar-refractivity contribution in [2.75, 3.05) is 13.1 Å². The minimum atomic E-state index is -0.325. The molecule has 1 aromatic heterocycles. The van der Waals surface area contributed by atoms with E-state index in [0.29, 0.717) is 12.8 Å². The fourth-order valence-electron chi connectivity index (χ4n) is 3.60. The third-order valence-electron chi connectivity index (χ3n) is 5.24. The molecule has 0 radical (unpaired) electrons. The predicted molar refractivity (Wildman–Crippen MR) is 97.0 cm³/mol. The summed E-state index contributed by atoms with van der Waals surface area (Å²) in [6.45, 7) is 1.50. The van der Waals surface area contributed by atoms with Gasteiger partial charge in [0, 0.05) is 38.4 Å². The van der Waals surface area contributed by atoms with Crippen molar-refractivity contribution in [1.29, 1.82) is 0 Å². The maximum Gasteiger partial charge on any atom is 0.222 e. The Morgan fingerprint density at radius 1 is 1.24 bits per heavy atom. The van der Waals surface area contributed by atoms with Crippen LogP contribution in [0, 0.1) is 5.92 Å². The molecular weight excluding hydrogens is 314 g/mol. The van der Waals surface area contributed by atoms with Crippen LogP contribution in [0.25, 0.3) is 0 Å². The van der Waals surface area contributed by atoms with E-state index < -0.39 is 0 Å². The van der Waals surface area contributed by atoms with Crippen LogP contribution in [0.1, 0.15) is 30.5 Å². The zero-order chi connectivity index (χ0) is 17.6. The van der Waals surface area contributed by atoms with E-state index in [9.17, 15) is 9.90 Å². The summed E-state index contributed by atoms with van der Waals surface area (Å²) in [5.41, 5.74) is 2.26. The quantitative estimate of drug-likeness (QED) is 0.876. The van der Waals surface area contributed by atoms with Gasteiger partial charge in [-0.15, -0.1) is 0 Å². The number of aliphatic hydroxyl groups excluding tert-OH is 1. The van der Waals surface area contributed by atoms with Gasteiger partial charge in [0.1, 0.15) is 0 Å². The summed E-state index contributed by atoms with van der Waals surface area (Å²) in [6.07, 6.45) is 5.15. The highest BCUT2D eigenvalue weighted by atomic mass is 16.3. The van der Waals surface area contributed by atoms with Crippen LogP contribution in [-0.4, -0.2) is 44.9 Å². The van der Waals surface area contributed by atoms with Gasteiger partial charge in [-0.05, 0) is 43.2 Å². The van der Waals surface area contributed by atoms with Gasteiger partial charge in [-0.25, -0.2) is 0 Å². The van der Waals surface area contributed by atoms with Crippen LogP contribution in [0.3, 0.4) is 0 Å². The number of aliphatic hydroxyl groups is 1. The van der Waals surface area contributed by atoms with E-state index in [1.165, 1.54) is 5.56 Å². The van der Waals surface area contributed by atoms with Crippen LogP contribution < -0.4 is 0 Å². The highest BCUT2D eigenvalue weighted by molar-refractivity contribution is 5.76. The Morgan fingerprint density at radius 3 is 2.60 bits per heavy atom. The number of hydrogen-bond acceptors (Lipinski definition) is 3. The van der Waals surface area contributed by atoms with Crippen molar-refractivity contribution >= 4 is 5.91 Å². The molecule has 0 saturated carbocycles. The van der Waals surface area contributed by atoms with Gasteiger partial charge in [-0.3, -0.25) is 9.48 Å². The Morgan fingerprint density at radius 2 is 1.96 bits per heavy atom. The maximum atomic E-state index is 12.4. The zero-order valence-corrected chi connectivity index (χ0v) is 14.8. The standard InChI is InChI=1S/C20H27N3O2/c1-22-18(9-12-21-22)7-8-20(25)23-13-10-17(11-14-23)19(24)15-16-5-3-2-4-6-16/h2-6,9,12,17,19,24H,7-8,10-11,13-15H2,1H3/t19-/m0/s1. The second-order valence-electron chi connectivity index (χ2n) is 6.92. The van der Waals surface area contributed by atoms with Gasteiger partial charge in [-0.1, -0.05) is 30.3 Å². The van der Waals surface area contributed by atoms with Gasteiger partial charge in [0.25, 0.3) is 0 Å². The molecule has 0 unspecified atom stereocenters. The summed E-state index contributed by atoms with van der Waals surface area (Å²) in [7, 11) is 1.90. The molecule has 0 spiro atoms. The zero-order valence-electron chi connectivity index (χ0n) is 14.8. The molecule has 1 aliphatic heterocycles. The SMILES string of the molecule is Cn1nccc1CCC(=O)N1CCC([C@@H](O)Cc2ccccc2)CC1. The van der Waals surface area contributed by atoms with Crippen molar-refractivity contribution in [3.63, 3.8) is 0 Å². The van der Waals surface area contributed by atoms with Gasteiger partial charge in [0.15, 0.2) is 0 Å². The first-order chi connectivity index (χ1) is 12.1. The monoisotopic (exact) mass is 341 g/mol. The van der Waals surface area contributed by atoms with E-state index in [-0.39, 0.29) is 17.9 Å². The van der Waals surface area contributed by atoms with Crippen LogP contribution in [0.15, 0.2) is 42.6 Å². The van der Waals surface area contributed by atoms with E-state index in [2.05, 4.69) is 17.2 Å². The molecule has 1 atom stereocenters. The minimum Gasteiger partial charge on any atom is -0.392 e. The first-order valence-electron chi connectivity index (χ1n) is 9.10. The smallest absolute Gasteiger partial charge is 0.222 e. The summed E-state index contributed by atoms with van der Waals surface area (Å²) < 4.78 is 1.82. The third kappa shape index (κ3) is 4.69. The first kappa shape index (κ1) is 17.7. The predicted octanol–water partition coefficient (Wildman–Crippen LogP) is 2.19. The Balaban J connectivity index is 1.43. The molecule has 2 heterocycles. The minimum absolute atomic E-state index is 0.206. The highest BCUT2D eigenvalue weighted by Gasteiger charge is 2.27. The first-order valence-corrected chi connectivity index (χ1v) is 9.10. The number of likely N-dealkylation sites (tertiary alicyclic amines) is 1. The Labute approximate surface area is 149 Å². The molecule has 1 aromatic carbocycles. The number of rotatable bonds is 6. The number of hydrogen-bond donors (Lipinski definition) is 1. The molecule has 5 heteroatoms. The molecule has 3 rings (SSSR count). The van der Waals surface area contributed by atoms with Crippen molar-refractivity contribution in [2.24, 2.45) is 13.0 Å². The Bertz CT molecular complexity index is 675. The number of carbonyl (C=O) groups is 1. The van der Waals surface area contributed by atoms with Gasteiger partial charge in [0.2, 0.25) is 5.91 Å². The lowest BCUT2D eigenvalue weighted by Crippen LogP contribution is -2.41. The lowest BCUT2D eigenvalue weighted by molar-refractivity contribution is -0.133. The van der Waals surface area contributed by atoms with Crippen molar-refractivity contribution in [1.82, 2.24) is 14.7 Å². The number of aromatic nitrogens is 2. The largest absolute Gasteiger partial charge is 0.392 e. The molecular formula is C20H27N3O2. The lowest BCUT2D eigenvalue weighted by Gasteiger charge is -2.34. The highest BCUT2D eigenvalue weighted by Crippen LogP contribution is 2.23. The molecule has 134 valence electrons. The summed E-state index contributed by atoms with van der Waals surface area (Å²) in [6, 6.07) is 12.1. The van der Waals surface area contributed by atoms with E-state index in [0.717, 1.165) is 38.0 Å². The van der Waals surface area contributed by atoms with Gasteiger partial charge >= 0.3 is 0 Å². The lowest BCUT2D eigenvalue weighted by atomic mass is 9.88. The number of aryl methyl sites for hydroxylation is 2. The molecule has 1 amide bonds. The molecule has 0 aliphatic carbocycles. The normalized spacial score (nSPS) is 16.8. The molecule has 1 fully saturated rings. The molecule has 25 heavy (non-hydrogen) atoms. The Hall–Kier alpha value is -2.14. The summed E-state index contributed by atoms with van der Waals surface area (Å²) in [4.78, 5) is 14.4. The van der Waals surface area contributed by atoms with Crippen molar-refractivity contribution < 1.29 is 9.90 Å². The average Bonchev–Trinajstić information content (AvgIpc) is 3.05. The van der Waals surface area contributed by atoms with Gasteiger partial charge < -0.3 is 10.0 Å². The van der Waals surface area contributed by atoms with Crippen LogP contribution in [0.4, 0.5) is 0 Å². The second-order valence-corrected chi connectivity index (χ2v) is 6.92. The summed E-state index contributed by atoms with van der Waals surface area (Å²) in [5, 5.41) is 14.6. The van der Waals surface area contributed by atoms with Gasteiger partial charge in [0.05, 0.1) is 6.10 Å². The molecule has 0 bridgehead atoms. The van der Waals surface area contributed by atoms with E-state index in [1.54, 1.807) is 6.20 Å². The van der Waals surface area contributed by atoms with Crippen molar-refractivity contribution in [3.05, 3.63) is 53.9 Å². The maximum absolute atomic E-state index is 12.4. The van der Waals surface area contributed by atoms with Crippen molar-refractivity contribution in [3.8, 4) is 0 Å².